The van der Waals surface area contributed by atoms with Crippen LogP contribution in [0.2, 0.25) is 0 Å². The van der Waals surface area contributed by atoms with Gasteiger partial charge in [0.1, 0.15) is 11.4 Å². The number of rotatable bonds is 5. The fourth-order valence-electron chi connectivity index (χ4n) is 2.81. The first-order chi connectivity index (χ1) is 13.8. The van der Waals surface area contributed by atoms with Crippen molar-refractivity contribution >= 4 is 56.8 Å². The zero-order valence-corrected chi connectivity index (χ0v) is 17.9. The van der Waals surface area contributed by atoms with Crippen molar-refractivity contribution in [3.63, 3.8) is 0 Å². The molecule has 0 bridgehead atoms. The smallest absolute Gasteiger partial charge is 0.270 e. The van der Waals surface area contributed by atoms with Gasteiger partial charge in [-0.05, 0) is 77.0 Å². The Morgan fingerprint density at radius 1 is 1.28 bits per heavy atom. The molecule has 0 radical (unpaired) electrons. The quantitative estimate of drug-likeness (QED) is 0.401. The molecule has 29 heavy (non-hydrogen) atoms. The maximum absolute atomic E-state index is 13.6. The molecule has 1 saturated heterocycles. The van der Waals surface area contributed by atoms with E-state index in [1.807, 2.05) is 6.92 Å². The molecular formula is C20H16BrFN2O4S. The summed E-state index contributed by atoms with van der Waals surface area (Å²) in [6, 6.07) is 8.74. The van der Waals surface area contributed by atoms with Gasteiger partial charge in [0.05, 0.1) is 23.9 Å². The minimum absolute atomic E-state index is 0.117. The van der Waals surface area contributed by atoms with Crippen molar-refractivity contribution in [1.29, 1.82) is 0 Å². The highest BCUT2D eigenvalue weighted by Gasteiger charge is 2.34. The van der Waals surface area contributed by atoms with Gasteiger partial charge in [0, 0.05) is 0 Å². The molecule has 2 aromatic carbocycles. The van der Waals surface area contributed by atoms with Gasteiger partial charge in [-0.2, -0.15) is 0 Å². The number of nitrogens with zero attached hydrogens (tertiary/aromatic N) is 1. The van der Waals surface area contributed by atoms with E-state index in [-0.39, 0.29) is 16.4 Å². The number of amides is 2. The predicted octanol–water partition coefficient (Wildman–Crippen LogP) is 3.83. The second-order valence-electron chi connectivity index (χ2n) is 5.90. The molecule has 1 N–H and O–H groups in total. The van der Waals surface area contributed by atoms with E-state index < -0.39 is 17.6 Å². The number of hydrogen-bond donors (Lipinski definition) is 1. The number of thiocarbonyl (C=S) groups is 1. The molecule has 3 rings (SSSR count). The Balaban J connectivity index is 2.05. The molecule has 1 aliphatic heterocycles. The van der Waals surface area contributed by atoms with E-state index in [1.54, 1.807) is 12.1 Å². The number of methoxy groups -OCH3 is 1. The zero-order chi connectivity index (χ0) is 21.1. The summed E-state index contributed by atoms with van der Waals surface area (Å²) >= 11 is 8.51. The molecule has 9 heteroatoms. The van der Waals surface area contributed by atoms with Crippen LogP contribution in [0, 0.1) is 5.82 Å². The molecule has 0 spiro atoms. The maximum atomic E-state index is 13.6. The standard InChI is InChI=1S/C20H16BrFN2O4S/c1-3-28-16-9-11(8-15(21)17(16)27-2)7-14-18(25)23-20(29)24(19(14)26)13-6-4-5-12(22)10-13/h4-10H,3H2,1-2H3,(H,23,25,29)/b14-7+. The lowest BCUT2D eigenvalue weighted by atomic mass is 10.1. The number of benzene rings is 2. The van der Waals surface area contributed by atoms with Gasteiger partial charge in [-0.15, -0.1) is 0 Å². The monoisotopic (exact) mass is 478 g/mol. The topological polar surface area (TPSA) is 67.9 Å². The van der Waals surface area contributed by atoms with Crippen LogP contribution in [0.1, 0.15) is 12.5 Å². The SMILES string of the molecule is CCOc1cc(/C=C2\C(=O)NC(=S)N(c3cccc(F)c3)C2=O)cc(Br)c1OC. The first-order valence-corrected chi connectivity index (χ1v) is 9.73. The number of carbonyl (C=O) groups is 2. The Labute approximate surface area is 180 Å². The van der Waals surface area contributed by atoms with Gasteiger partial charge in [0.2, 0.25) is 0 Å². The number of ether oxygens (including phenoxy) is 2. The summed E-state index contributed by atoms with van der Waals surface area (Å²) in [5.74, 6) is -0.874. The van der Waals surface area contributed by atoms with Crippen molar-refractivity contribution in [2.75, 3.05) is 18.6 Å². The van der Waals surface area contributed by atoms with Crippen LogP contribution in [0.15, 0.2) is 46.4 Å². The molecule has 0 unspecified atom stereocenters. The predicted molar refractivity (Wildman–Crippen MR) is 114 cm³/mol. The lowest BCUT2D eigenvalue weighted by Gasteiger charge is -2.29. The summed E-state index contributed by atoms with van der Waals surface area (Å²) in [5, 5.41) is 2.35. The van der Waals surface area contributed by atoms with Gasteiger partial charge in [0.25, 0.3) is 11.8 Å². The number of hydrogen-bond acceptors (Lipinski definition) is 5. The van der Waals surface area contributed by atoms with Crippen LogP contribution in [0.25, 0.3) is 6.08 Å². The van der Waals surface area contributed by atoms with Crippen LogP contribution in [0.5, 0.6) is 11.5 Å². The molecule has 0 aromatic heterocycles. The second kappa shape index (κ2) is 8.71. The highest BCUT2D eigenvalue weighted by atomic mass is 79.9. The second-order valence-corrected chi connectivity index (χ2v) is 7.15. The average Bonchev–Trinajstić information content (AvgIpc) is 2.65. The summed E-state index contributed by atoms with van der Waals surface area (Å²) in [5.41, 5.74) is 0.603. The van der Waals surface area contributed by atoms with Gasteiger partial charge in [0.15, 0.2) is 16.6 Å². The van der Waals surface area contributed by atoms with Crippen LogP contribution in [0.4, 0.5) is 10.1 Å². The Kier molecular flexibility index (Phi) is 6.29. The van der Waals surface area contributed by atoms with E-state index in [0.717, 1.165) is 11.0 Å². The van der Waals surface area contributed by atoms with Crippen molar-refractivity contribution in [2.45, 2.75) is 6.92 Å². The summed E-state index contributed by atoms with van der Waals surface area (Å²) in [6.07, 6.45) is 1.42. The van der Waals surface area contributed by atoms with Crippen molar-refractivity contribution in [1.82, 2.24) is 5.32 Å². The van der Waals surface area contributed by atoms with Crippen molar-refractivity contribution < 1.29 is 23.5 Å². The Bertz CT molecular complexity index is 1040. The first-order valence-electron chi connectivity index (χ1n) is 8.53. The Morgan fingerprint density at radius 2 is 2.03 bits per heavy atom. The van der Waals surface area contributed by atoms with Crippen LogP contribution in [0.3, 0.4) is 0 Å². The van der Waals surface area contributed by atoms with Gasteiger partial charge in [-0.25, -0.2) is 4.39 Å². The number of nitrogens with one attached hydrogen (secondary N) is 1. The van der Waals surface area contributed by atoms with Gasteiger partial charge < -0.3 is 9.47 Å². The number of halogens is 2. The summed E-state index contributed by atoms with van der Waals surface area (Å²) in [4.78, 5) is 26.5. The normalized spacial score (nSPS) is 15.5. The fraction of sp³-hybridized carbons (Fsp3) is 0.150. The Morgan fingerprint density at radius 3 is 2.69 bits per heavy atom. The highest BCUT2D eigenvalue weighted by molar-refractivity contribution is 9.10. The lowest BCUT2D eigenvalue weighted by Crippen LogP contribution is -2.54. The molecule has 2 amide bonds. The molecule has 150 valence electrons. The van der Waals surface area contributed by atoms with Crippen molar-refractivity contribution in [3.8, 4) is 11.5 Å². The van der Waals surface area contributed by atoms with E-state index in [4.69, 9.17) is 21.7 Å². The minimum atomic E-state index is -0.658. The highest BCUT2D eigenvalue weighted by Crippen LogP contribution is 2.37. The van der Waals surface area contributed by atoms with Gasteiger partial charge in [-0.3, -0.25) is 19.8 Å². The summed E-state index contributed by atoms with van der Waals surface area (Å²) < 4.78 is 25.1. The van der Waals surface area contributed by atoms with Crippen LogP contribution < -0.4 is 19.7 Å². The zero-order valence-electron chi connectivity index (χ0n) is 15.5. The summed E-state index contributed by atoms with van der Waals surface area (Å²) in [7, 11) is 1.51. The largest absolute Gasteiger partial charge is 0.492 e. The third-order valence-electron chi connectivity index (χ3n) is 4.01. The molecule has 1 aliphatic rings. The van der Waals surface area contributed by atoms with Crippen LogP contribution in [-0.2, 0) is 9.59 Å². The Hall–Kier alpha value is -2.78. The fourth-order valence-corrected chi connectivity index (χ4v) is 3.71. The summed E-state index contributed by atoms with van der Waals surface area (Å²) in [6.45, 7) is 2.23. The number of carbonyl (C=O) groups excluding carboxylic acids is 2. The van der Waals surface area contributed by atoms with E-state index in [2.05, 4.69) is 21.2 Å². The lowest BCUT2D eigenvalue weighted by molar-refractivity contribution is -0.122. The minimum Gasteiger partial charge on any atom is -0.492 e. The van der Waals surface area contributed by atoms with Crippen LogP contribution in [-0.4, -0.2) is 30.6 Å². The molecule has 1 heterocycles. The van der Waals surface area contributed by atoms with E-state index >= 15 is 0 Å². The third-order valence-corrected chi connectivity index (χ3v) is 4.89. The van der Waals surface area contributed by atoms with Crippen molar-refractivity contribution in [3.05, 3.63) is 57.8 Å². The first kappa shape index (κ1) is 20.9. The molecule has 6 nitrogen and oxygen atoms in total. The van der Waals surface area contributed by atoms with Crippen LogP contribution >= 0.6 is 28.1 Å². The number of anilines is 1. The van der Waals surface area contributed by atoms with E-state index in [1.165, 1.54) is 31.4 Å². The van der Waals surface area contributed by atoms with Gasteiger partial charge >= 0.3 is 0 Å². The molecular weight excluding hydrogens is 463 g/mol. The van der Waals surface area contributed by atoms with Gasteiger partial charge in [-0.1, -0.05) is 6.07 Å². The molecule has 0 saturated carbocycles. The van der Waals surface area contributed by atoms with E-state index in [9.17, 15) is 14.0 Å². The molecule has 1 fully saturated rings. The maximum Gasteiger partial charge on any atom is 0.270 e. The molecule has 0 aliphatic carbocycles. The van der Waals surface area contributed by atoms with E-state index in [0.29, 0.717) is 28.1 Å². The molecule has 2 aromatic rings. The average molecular weight is 479 g/mol. The molecule has 0 atom stereocenters. The van der Waals surface area contributed by atoms with Crippen molar-refractivity contribution in [2.24, 2.45) is 0 Å². The third kappa shape index (κ3) is 4.30.